The number of carbonyl (C=O) groups is 1. The molecule has 0 aliphatic rings. The third-order valence-electron chi connectivity index (χ3n) is 4.27. The van der Waals surface area contributed by atoms with Gasteiger partial charge in [-0.25, -0.2) is 4.98 Å². The van der Waals surface area contributed by atoms with Crippen LogP contribution in [0.1, 0.15) is 12.5 Å². The molecule has 5 heteroatoms. The van der Waals surface area contributed by atoms with Gasteiger partial charge in [0.05, 0.1) is 0 Å². The molecule has 25 heavy (non-hydrogen) atoms. The number of hydrogen-bond donors (Lipinski definition) is 1. The Balaban J connectivity index is 1.91. The van der Waals surface area contributed by atoms with Gasteiger partial charge in [-0.05, 0) is 42.1 Å². The van der Waals surface area contributed by atoms with E-state index in [0.29, 0.717) is 11.6 Å². The van der Waals surface area contributed by atoms with Gasteiger partial charge in [0.2, 0.25) is 0 Å². The Bertz CT molecular complexity index is 1130. The lowest BCUT2D eigenvalue weighted by molar-refractivity contribution is -0.131. The van der Waals surface area contributed by atoms with E-state index in [1.807, 2.05) is 53.9 Å². The van der Waals surface area contributed by atoms with Gasteiger partial charge in [-0.2, -0.15) is 0 Å². The zero-order valence-electron chi connectivity index (χ0n) is 14.0. The van der Waals surface area contributed by atoms with E-state index in [1.54, 1.807) is 6.07 Å². The number of hydrogen-bond acceptors (Lipinski definition) is 4. The first-order chi connectivity index (χ1) is 12.0. The van der Waals surface area contributed by atoms with Gasteiger partial charge in [-0.1, -0.05) is 24.3 Å². The minimum atomic E-state index is -0.342. The van der Waals surface area contributed by atoms with E-state index >= 15 is 0 Å². The van der Waals surface area contributed by atoms with Crippen LogP contribution < -0.4 is 10.5 Å². The zero-order chi connectivity index (χ0) is 17.6. The Hall–Kier alpha value is -3.34. The fourth-order valence-corrected chi connectivity index (χ4v) is 3.12. The van der Waals surface area contributed by atoms with Crippen molar-refractivity contribution in [3.63, 3.8) is 0 Å². The van der Waals surface area contributed by atoms with Gasteiger partial charge in [0.1, 0.15) is 22.9 Å². The van der Waals surface area contributed by atoms with Gasteiger partial charge < -0.3 is 10.5 Å². The van der Waals surface area contributed by atoms with Gasteiger partial charge in [0.15, 0.2) is 0 Å². The second-order valence-electron chi connectivity index (χ2n) is 6.01. The van der Waals surface area contributed by atoms with E-state index < -0.39 is 0 Å². The Morgan fingerprint density at radius 1 is 1.16 bits per heavy atom. The third-order valence-corrected chi connectivity index (χ3v) is 4.27. The molecule has 4 rings (SSSR count). The number of rotatable bonds is 2. The summed E-state index contributed by atoms with van der Waals surface area (Å²) < 4.78 is 7.04. The fraction of sp³-hybridized carbons (Fsp3) is 0.100. The second kappa shape index (κ2) is 5.63. The SMILES string of the molecule is CC(=O)Oc1ccc(-c2nc3c4ccccc4ccn3c2N)c(C)c1. The summed E-state index contributed by atoms with van der Waals surface area (Å²) in [6.07, 6.45) is 1.94. The van der Waals surface area contributed by atoms with Crippen molar-refractivity contribution in [1.29, 1.82) is 0 Å². The zero-order valence-corrected chi connectivity index (χ0v) is 14.0. The molecule has 4 aromatic rings. The Kier molecular flexibility index (Phi) is 3.42. The topological polar surface area (TPSA) is 69.6 Å². The van der Waals surface area contributed by atoms with Crippen LogP contribution in [0.25, 0.3) is 27.7 Å². The largest absolute Gasteiger partial charge is 0.427 e. The number of nitrogen functional groups attached to an aromatic ring is 1. The molecule has 2 N–H and O–H groups in total. The number of esters is 1. The molecule has 0 saturated heterocycles. The number of aromatic nitrogens is 2. The van der Waals surface area contributed by atoms with Crippen LogP contribution in [0.4, 0.5) is 5.82 Å². The number of carbonyl (C=O) groups excluding carboxylic acids is 1. The minimum absolute atomic E-state index is 0.342. The second-order valence-corrected chi connectivity index (χ2v) is 6.01. The lowest BCUT2D eigenvalue weighted by atomic mass is 10.1. The predicted octanol–water partition coefficient (Wildman–Crippen LogP) is 3.97. The monoisotopic (exact) mass is 331 g/mol. The molecule has 0 spiro atoms. The van der Waals surface area contributed by atoms with Gasteiger partial charge in [0.25, 0.3) is 0 Å². The molecule has 5 nitrogen and oxygen atoms in total. The van der Waals surface area contributed by atoms with Crippen molar-refractivity contribution in [1.82, 2.24) is 9.38 Å². The standard InChI is InChI=1S/C20H17N3O2/c1-12-11-15(25-13(2)24)7-8-16(12)18-19(21)23-10-9-14-5-3-4-6-17(14)20(23)22-18/h3-11H,21H2,1-2H3. The minimum Gasteiger partial charge on any atom is -0.427 e. The van der Waals surface area contributed by atoms with E-state index in [-0.39, 0.29) is 5.97 Å². The molecule has 0 aliphatic carbocycles. The van der Waals surface area contributed by atoms with Gasteiger partial charge in [-0.3, -0.25) is 9.20 Å². The highest BCUT2D eigenvalue weighted by molar-refractivity contribution is 5.96. The highest BCUT2D eigenvalue weighted by Gasteiger charge is 2.15. The Morgan fingerprint density at radius 3 is 2.72 bits per heavy atom. The highest BCUT2D eigenvalue weighted by atomic mass is 16.5. The summed E-state index contributed by atoms with van der Waals surface area (Å²) in [5.41, 5.74) is 9.78. The number of aryl methyl sites for hydroxylation is 1. The van der Waals surface area contributed by atoms with Crippen molar-refractivity contribution in [2.24, 2.45) is 0 Å². The van der Waals surface area contributed by atoms with Crippen LogP contribution in [0.2, 0.25) is 0 Å². The molecule has 0 radical (unpaired) electrons. The van der Waals surface area contributed by atoms with E-state index in [1.165, 1.54) is 6.92 Å². The van der Waals surface area contributed by atoms with Crippen LogP contribution in [0.5, 0.6) is 5.75 Å². The smallest absolute Gasteiger partial charge is 0.308 e. The molecular formula is C20H17N3O2. The molecule has 0 bridgehead atoms. The number of nitrogens with two attached hydrogens (primary N) is 1. The molecule has 0 unspecified atom stereocenters. The summed E-state index contributed by atoms with van der Waals surface area (Å²) in [7, 11) is 0. The third kappa shape index (κ3) is 2.50. The molecule has 0 saturated carbocycles. The summed E-state index contributed by atoms with van der Waals surface area (Å²) in [4.78, 5) is 15.9. The number of pyridine rings is 1. The van der Waals surface area contributed by atoms with Crippen molar-refractivity contribution in [2.45, 2.75) is 13.8 Å². The van der Waals surface area contributed by atoms with Crippen molar-refractivity contribution in [3.05, 3.63) is 60.3 Å². The molecule has 0 aliphatic heterocycles. The van der Waals surface area contributed by atoms with E-state index in [9.17, 15) is 4.79 Å². The van der Waals surface area contributed by atoms with E-state index in [2.05, 4.69) is 6.07 Å². The first kappa shape index (κ1) is 15.2. The van der Waals surface area contributed by atoms with Crippen molar-refractivity contribution in [3.8, 4) is 17.0 Å². The maximum atomic E-state index is 11.1. The van der Waals surface area contributed by atoms with Crippen molar-refractivity contribution in [2.75, 3.05) is 5.73 Å². The normalized spacial score (nSPS) is 11.1. The molecule has 0 amide bonds. The number of imidazole rings is 1. The maximum Gasteiger partial charge on any atom is 0.308 e. The fourth-order valence-electron chi connectivity index (χ4n) is 3.12. The number of benzene rings is 2. The maximum absolute atomic E-state index is 11.1. The average molecular weight is 331 g/mol. The number of fused-ring (bicyclic) bond motifs is 3. The summed E-state index contributed by atoms with van der Waals surface area (Å²) in [5.74, 6) is 0.761. The van der Waals surface area contributed by atoms with Crippen LogP contribution >= 0.6 is 0 Å². The number of ether oxygens (including phenoxy) is 1. The summed E-state index contributed by atoms with van der Waals surface area (Å²) in [5, 5.41) is 2.17. The van der Waals surface area contributed by atoms with Crippen LogP contribution in [0, 0.1) is 6.92 Å². The van der Waals surface area contributed by atoms with Crippen LogP contribution in [-0.4, -0.2) is 15.4 Å². The Labute approximate surface area is 144 Å². The van der Waals surface area contributed by atoms with Crippen LogP contribution in [0.3, 0.4) is 0 Å². The lowest BCUT2D eigenvalue weighted by Gasteiger charge is -2.07. The van der Waals surface area contributed by atoms with Crippen molar-refractivity contribution >= 4 is 28.2 Å². The van der Waals surface area contributed by atoms with Crippen LogP contribution in [-0.2, 0) is 4.79 Å². The molecule has 124 valence electrons. The molecular weight excluding hydrogens is 314 g/mol. The summed E-state index contributed by atoms with van der Waals surface area (Å²) in [6.45, 7) is 3.33. The molecule has 2 aromatic carbocycles. The summed E-state index contributed by atoms with van der Waals surface area (Å²) in [6, 6.07) is 15.6. The molecule has 0 atom stereocenters. The summed E-state index contributed by atoms with van der Waals surface area (Å²) >= 11 is 0. The molecule has 2 aromatic heterocycles. The molecule has 2 heterocycles. The van der Waals surface area contributed by atoms with E-state index in [0.717, 1.165) is 33.2 Å². The van der Waals surface area contributed by atoms with Gasteiger partial charge in [0, 0.05) is 24.1 Å². The quantitative estimate of drug-likeness (QED) is 0.446. The predicted molar refractivity (Wildman–Crippen MR) is 98.6 cm³/mol. The highest BCUT2D eigenvalue weighted by Crippen LogP contribution is 2.33. The molecule has 0 fully saturated rings. The lowest BCUT2D eigenvalue weighted by Crippen LogP contribution is -2.01. The average Bonchev–Trinajstić information content (AvgIpc) is 2.92. The van der Waals surface area contributed by atoms with Crippen LogP contribution in [0.15, 0.2) is 54.7 Å². The number of nitrogens with zero attached hydrogens (tertiary/aromatic N) is 2. The first-order valence-electron chi connectivity index (χ1n) is 7.99. The van der Waals surface area contributed by atoms with Gasteiger partial charge >= 0.3 is 5.97 Å². The van der Waals surface area contributed by atoms with Gasteiger partial charge in [-0.15, -0.1) is 0 Å². The first-order valence-corrected chi connectivity index (χ1v) is 7.99. The van der Waals surface area contributed by atoms with E-state index in [4.69, 9.17) is 15.5 Å². The van der Waals surface area contributed by atoms with Crippen molar-refractivity contribution < 1.29 is 9.53 Å². The Morgan fingerprint density at radius 2 is 1.96 bits per heavy atom. The number of anilines is 1.